The highest BCUT2D eigenvalue weighted by Crippen LogP contribution is 2.05. The van der Waals surface area contributed by atoms with Crippen molar-refractivity contribution in [1.82, 2.24) is 15.3 Å². The van der Waals surface area contributed by atoms with E-state index in [1.54, 1.807) is 0 Å². The molecule has 0 spiro atoms. The minimum atomic E-state index is -0.0303. The highest BCUT2D eigenvalue weighted by Gasteiger charge is 2.00. The summed E-state index contributed by atoms with van der Waals surface area (Å²) in [5, 5.41) is 2.69. The summed E-state index contributed by atoms with van der Waals surface area (Å²) >= 11 is 0. The molecule has 1 aromatic rings. The van der Waals surface area contributed by atoms with Crippen LogP contribution in [0.15, 0.2) is 0 Å². The maximum absolute atomic E-state index is 10.6. The summed E-state index contributed by atoms with van der Waals surface area (Å²) in [7, 11) is 0. The number of carbonyl (C=O) groups is 1. The highest BCUT2D eigenvalue weighted by atomic mass is 16.5. The van der Waals surface area contributed by atoms with Gasteiger partial charge in [-0.25, -0.2) is 0 Å². The summed E-state index contributed by atoms with van der Waals surface area (Å²) < 4.78 is 5.36. The lowest BCUT2D eigenvalue weighted by Gasteiger charge is -2.05. The van der Waals surface area contributed by atoms with Crippen LogP contribution in [0.25, 0.3) is 0 Å². The monoisotopic (exact) mass is 222 g/mol. The average Bonchev–Trinajstić information content (AvgIpc) is 2.15. The Bertz CT molecular complexity index is 346. The average molecular weight is 222 g/mol. The van der Waals surface area contributed by atoms with E-state index in [1.807, 2.05) is 13.8 Å². The molecule has 0 fully saturated rings. The fourth-order valence-corrected chi connectivity index (χ4v) is 1.19. The van der Waals surface area contributed by atoms with E-state index in [4.69, 9.17) is 4.74 Å². The number of rotatable bonds is 5. The van der Waals surface area contributed by atoms with Gasteiger partial charge in [0, 0.05) is 19.5 Å². The Kier molecular flexibility index (Phi) is 4.69. The van der Waals surface area contributed by atoms with Crippen molar-refractivity contribution in [3.63, 3.8) is 0 Å². The minimum Gasteiger partial charge on any atom is -0.463 e. The predicted octanol–water partition coefficient (Wildman–Crippen LogP) is 0.799. The van der Waals surface area contributed by atoms with Gasteiger partial charge in [0.15, 0.2) is 0 Å². The Morgan fingerprint density at radius 2 is 2.00 bits per heavy atom. The molecule has 1 amide bonds. The molecule has 0 unspecified atom stereocenters. The van der Waals surface area contributed by atoms with E-state index in [0.717, 1.165) is 17.8 Å². The van der Waals surface area contributed by atoms with Gasteiger partial charge in [0.05, 0.1) is 18.0 Å². The number of nitrogens with one attached hydrogen (secondary N) is 1. The van der Waals surface area contributed by atoms with E-state index in [9.17, 15) is 4.79 Å². The first kappa shape index (κ1) is 12.4. The molecule has 1 heterocycles. The molecule has 0 saturated heterocycles. The quantitative estimate of drug-likeness (QED) is 0.748. The second-order valence-corrected chi connectivity index (χ2v) is 3.49. The van der Waals surface area contributed by atoms with Gasteiger partial charge in [0.25, 0.3) is 0 Å². The van der Waals surface area contributed by atoms with Gasteiger partial charge in [-0.2, -0.15) is 9.97 Å². The maximum Gasteiger partial charge on any atom is 0.316 e. The molecule has 0 bridgehead atoms. The Labute approximate surface area is 95.3 Å². The Hall–Kier alpha value is -1.65. The van der Waals surface area contributed by atoms with Gasteiger partial charge in [-0.05, 0) is 20.3 Å². The van der Waals surface area contributed by atoms with Gasteiger partial charge in [0.1, 0.15) is 0 Å². The molecule has 1 radical (unpaired) electrons. The van der Waals surface area contributed by atoms with Crippen molar-refractivity contribution >= 4 is 5.91 Å². The zero-order valence-corrected chi connectivity index (χ0v) is 9.83. The zero-order chi connectivity index (χ0) is 12.0. The third kappa shape index (κ3) is 4.72. The molecule has 5 nitrogen and oxygen atoms in total. The summed E-state index contributed by atoms with van der Waals surface area (Å²) in [6, 6.07) is 3.34. The van der Waals surface area contributed by atoms with Gasteiger partial charge in [0.2, 0.25) is 5.91 Å². The molecule has 0 aromatic carbocycles. The first-order chi connectivity index (χ1) is 7.58. The van der Waals surface area contributed by atoms with Crippen molar-refractivity contribution < 1.29 is 9.53 Å². The molecule has 0 aliphatic rings. The van der Waals surface area contributed by atoms with Crippen LogP contribution in [0.3, 0.4) is 0 Å². The molecular formula is C11H16N3O2. The fraction of sp³-hybridized carbons (Fsp3) is 0.545. The third-order valence-electron chi connectivity index (χ3n) is 1.81. The van der Waals surface area contributed by atoms with Gasteiger partial charge in [-0.3, -0.25) is 4.79 Å². The first-order valence-corrected chi connectivity index (χ1v) is 5.19. The van der Waals surface area contributed by atoms with E-state index < -0.39 is 0 Å². The van der Waals surface area contributed by atoms with Crippen LogP contribution in [0.4, 0.5) is 0 Å². The number of hydrogen-bond acceptors (Lipinski definition) is 4. The van der Waals surface area contributed by atoms with Crippen molar-refractivity contribution in [1.29, 1.82) is 0 Å². The highest BCUT2D eigenvalue weighted by molar-refractivity contribution is 5.72. The summed E-state index contributed by atoms with van der Waals surface area (Å²) in [6.07, 6.45) is 0.736. The van der Waals surface area contributed by atoms with E-state index >= 15 is 0 Å². The van der Waals surface area contributed by atoms with Crippen molar-refractivity contribution in [3.05, 3.63) is 17.5 Å². The lowest BCUT2D eigenvalue weighted by Crippen LogP contribution is -2.22. The zero-order valence-electron chi connectivity index (χ0n) is 9.83. The largest absolute Gasteiger partial charge is 0.463 e. The van der Waals surface area contributed by atoms with E-state index in [0.29, 0.717) is 19.2 Å². The summed E-state index contributed by atoms with van der Waals surface area (Å²) in [5.74, 6) is -0.0303. The number of hydrogen-bond donors (Lipinski definition) is 1. The molecule has 0 atom stereocenters. The lowest BCUT2D eigenvalue weighted by atomic mass is 10.4. The molecule has 87 valence electrons. The molecular weight excluding hydrogens is 206 g/mol. The summed E-state index contributed by atoms with van der Waals surface area (Å²) in [6.45, 7) is 6.27. The fourth-order valence-electron chi connectivity index (χ4n) is 1.19. The van der Waals surface area contributed by atoms with E-state index in [2.05, 4.69) is 21.4 Å². The Balaban J connectivity index is 2.29. The van der Waals surface area contributed by atoms with Crippen LogP contribution in [-0.2, 0) is 4.79 Å². The molecule has 1 aromatic heterocycles. The van der Waals surface area contributed by atoms with E-state index in [1.165, 1.54) is 6.92 Å². The molecule has 1 N–H and O–H groups in total. The third-order valence-corrected chi connectivity index (χ3v) is 1.81. The van der Waals surface area contributed by atoms with Crippen LogP contribution in [-0.4, -0.2) is 29.0 Å². The second kappa shape index (κ2) is 6.05. The SMILES string of the molecule is CC(=O)NCCCOc1nc(C)[c]c(C)n1. The number of ether oxygens (including phenoxy) is 1. The number of aromatic nitrogens is 2. The van der Waals surface area contributed by atoms with Crippen molar-refractivity contribution in [2.24, 2.45) is 0 Å². The van der Waals surface area contributed by atoms with Crippen LogP contribution >= 0.6 is 0 Å². The van der Waals surface area contributed by atoms with Crippen molar-refractivity contribution in [2.45, 2.75) is 27.2 Å². The van der Waals surface area contributed by atoms with E-state index in [-0.39, 0.29) is 5.91 Å². The molecule has 5 heteroatoms. The normalized spacial score (nSPS) is 9.94. The Morgan fingerprint density at radius 3 is 2.56 bits per heavy atom. The van der Waals surface area contributed by atoms with Crippen LogP contribution < -0.4 is 10.1 Å². The lowest BCUT2D eigenvalue weighted by molar-refractivity contribution is -0.118. The molecule has 1 rings (SSSR count). The van der Waals surface area contributed by atoms with Crippen molar-refractivity contribution in [3.8, 4) is 6.01 Å². The van der Waals surface area contributed by atoms with Gasteiger partial charge in [-0.15, -0.1) is 0 Å². The van der Waals surface area contributed by atoms with Gasteiger partial charge >= 0.3 is 6.01 Å². The van der Waals surface area contributed by atoms with Crippen LogP contribution in [0, 0.1) is 19.9 Å². The number of nitrogens with zero attached hydrogens (tertiary/aromatic N) is 2. The Morgan fingerprint density at radius 1 is 1.38 bits per heavy atom. The number of carbonyl (C=O) groups excluding carboxylic acids is 1. The van der Waals surface area contributed by atoms with Crippen LogP contribution in [0.1, 0.15) is 24.7 Å². The maximum atomic E-state index is 10.6. The smallest absolute Gasteiger partial charge is 0.316 e. The summed E-state index contributed by atoms with van der Waals surface area (Å²) in [4.78, 5) is 18.8. The van der Waals surface area contributed by atoms with Gasteiger partial charge in [-0.1, -0.05) is 0 Å². The topological polar surface area (TPSA) is 64.1 Å². The van der Waals surface area contributed by atoms with Crippen molar-refractivity contribution in [2.75, 3.05) is 13.2 Å². The molecule has 0 aliphatic heterocycles. The second-order valence-electron chi connectivity index (χ2n) is 3.49. The summed E-state index contributed by atoms with van der Waals surface area (Å²) in [5.41, 5.74) is 1.54. The molecule has 0 aliphatic carbocycles. The predicted molar refractivity (Wildman–Crippen MR) is 59.1 cm³/mol. The first-order valence-electron chi connectivity index (χ1n) is 5.19. The van der Waals surface area contributed by atoms with Crippen LogP contribution in [0.5, 0.6) is 6.01 Å². The van der Waals surface area contributed by atoms with Gasteiger partial charge < -0.3 is 10.1 Å². The number of amides is 1. The minimum absolute atomic E-state index is 0.0303. The molecule has 16 heavy (non-hydrogen) atoms. The molecule has 0 saturated carbocycles. The van der Waals surface area contributed by atoms with Crippen LogP contribution in [0.2, 0.25) is 0 Å². The standard InChI is InChI=1S/C11H16N3O2/c1-8-7-9(2)14-11(13-8)16-6-4-5-12-10(3)15/h4-6H2,1-3H3,(H,12,15). The number of aryl methyl sites for hydroxylation is 2.